The van der Waals surface area contributed by atoms with E-state index < -0.39 is 5.54 Å². The molecular formula is C13H16Cl2N2O2. The van der Waals surface area contributed by atoms with Gasteiger partial charge in [-0.05, 0) is 24.1 Å². The van der Waals surface area contributed by atoms with Crippen molar-refractivity contribution >= 4 is 29.1 Å². The highest BCUT2D eigenvalue weighted by molar-refractivity contribution is 6.42. The van der Waals surface area contributed by atoms with Crippen molar-refractivity contribution in [3.63, 3.8) is 0 Å². The van der Waals surface area contributed by atoms with Gasteiger partial charge in [-0.3, -0.25) is 4.79 Å². The molecule has 1 saturated heterocycles. The Balaban J connectivity index is 2.06. The highest BCUT2D eigenvalue weighted by Gasteiger charge is 2.40. The van der Waals surface area contributed by atoms with Crippen molar-refractivity contribution in [2.75, 3.05) is 20.3 Å². The molecule has 0 aliphatic carbocycles. The Kier molecular flexibility index (Phi) is 4.36. The van der Waals surface area contributed by atoms with E-state index in [1.165, 1.54) is 0 Å². The van der Waals surface area contributed by atoms with Gasteiger partial charge in [0.15, 0.2) is 0 Å². The first-order chi connectivity index (χ1) is 8.92. The number of likely N-dealkylation sites (N-methyl/N-ethyl adjacent to an activating group) is 1. The zero-order chi connectivity index (χ0) is 14.0. The zero-order valence-electron chi connectivity index (χ0n) is 10.7. The fourth-order valence-electron chi connectivity index (χ4n) is 2.11. The van der Waals surface area contributed by atoms with Gasteiger partial charge < -0.3 is 15.4 Å². The minimum atomic E-state index is -0.898. The van der Waals surface area contributed by atoms with Crippen LogP contribution in [-0.2, 0) is 16.1 Å². The van der Waals surface area contributed by atoms with E-state index in [0.29, 0.717) is 29.6 Å². The van der Waals surface area contributed by atoms with Crippen molar-refractivity contribution in [1.29, 1.82) is 0 Å². The minimum Gasteiger partial charge on any atom is -0.379 e. The third-order valence-electron chi connectivity index (χ3n) is 3.23. The molecule has 1 aliphatic heterocycles. The molecule has 1 amide bonds. The molecule has 19 heavy (non-hydrogen) atoms. The van der Waals surface area contributed by atoms with Crippen molar-refractivity contribution in [2.45, 2.75) is 18.5 Å². The molecule has 104 valence electrons. The van der Waals surface area contributed by atoms with Gasteiger partial charge in [0.05, 0.1) is 16.7 Å². The van der Waals surface area contributed by atoms with Crippen LogP contribution in [0.4, 0.5) is 0 Å². The number of nitrogens with zero attached hydrogens (tertiary/aromatic N) is 1. The molecule has 1 heterocycles. The van der Waals surface area contributed by atoms with E-state index in [-0.39, 0.29) is 12.5 Å². The molecular weight excluding hydrogens is 287 g/mol. The molecule has 1 atom stereocenters. The summed E-state index contributed by atoms with van der Waals surface area (Å²) in [5.41, 5.74) is 6.06. The molecule has 4 nitrogen and oxygen atoms in total. The second-order valence-electron chi connectivity index (χ2n) is 4.87. The lowest BCUT2D eigenvalue weighted by atomic mass is 9.98. The van der Waals surface area contributed by atoms with E-state index in [1.54, 1.807) is 24.1 Å². The molecule has 1 unspecified atom stereocenters. The van der Waals surface area contributed by atoms with E-state index in [9.17, 15) is 4.79 Å². The lowest BCUT2D eigenvalue weighted by Gasteiger charge is -2.27. The van der Waals surface area contributed by atoms with Gasteiger partial charge >= 0.3 is 0 Å². The molecule has 0 saturated carbocycles. The maximum absolute atomic E-state index is 12.3. The Bertz CT molecular complexity index is 488. The van der Waals surface area contributed by atoms with Crippen LogP contribution in [0.3, 0.4) is 0 Å². The van der Waals surface area contributed by atoms with Gasteiger partial charge in [0.1, 0.15) is 5.54 Å². The fraction of sp³-hybridized carbons (Fsp3) is 0.462. The van der Waals surface area contributed by atoms with E-state index in [1.807, 2.05) is 6.07 Å². The first-order valence-corrected chi connectivity index (χ1v) is 6.74. The molecule has 0 bridgehead atoms. The average Bonchev–Trinajstić information content (AvgIpc) is 2.81. The Hall–Kier alpha value is -0.810. The molecule has 0 radical (unpaired) electrons. The van der Waals surface area contributed by atoms with Crippen LogP contribution < -0.4 is 5.73 Å². The normalized spacial score (nSPS) is 22.5. The highest BCUT2D eigenvalue weighted by atomic mass is 35.5. The Labute approximate surface area is 122 Å². The van der Waals surface area contributed by atoms with Gasteiger partial charge in [-0.2, -0.15) is 0 Å². The van der Waals surface area contributed by atoms with E-state index in [4.69, 9.17) is 33.7 Å². The van der Waals surface area contributed by atoms with Crippen LogP contribution in [0.5, 0.6) is 0 Å². The second-order valence-corrected chi connectivity index (χ2v) is 5.68. The monoisotopic (exact) mass is 302 g/mol. The number of benzene rings is 1. The summed E-state index contributed by atoms with van der Waals surface area (Å²) in [6, 6.07) is 5.31. The topological polar surface area (TPSA) is 55.6 Å². The quantitative estimate of drug-likeness (QED) is 0.930. The van der Waals surface area contributed by atoms with Crippen LogP contribution in [0, 0.1) is 0 Å². The third-order valence-corrected chi connectivity index (χ3v) is 3.97. The van der Waals surface area contributed by atoms with Crippen molar-refractivity contribution < 1.29 is 9.53 Å². The molecule has 2 N–H and O–H groups in total. The van der Waals surface area contributed by atoms with Gasteiger partial charge in [-0.15, -0.1) is 0 Å². The largest absolute Gasteiger partial charge is 0.379 e. The number of amides is 1. The molecule has 1 aliphatic rings. The summed E-state index contributed by atoms with van der Waals surface area (Å²) in [4.78, 5) is 13.9. The van der Waals surface area contributed by atoms with Gasteiger partial charge in [0.25, 0.3) is 0 Å². The van der Waals surface area contributed by atoms with Crippen LogP contribution in [0.1, 0.15) is 12.0 Å². The fourth-order valence-corrected chi connectivity index (χ4v) is 2.43. The molecule has 0 spiro atoms. The average molecular weight is 303 g/mol. The van der Waals surface area contributed by atoms with Gasteiger partial charge in [-0.1, -0.05) is 29.3 Å². The highest BCUT2D eigenvalue weighted by Crippen LogP contribution is 2.24. The maximum Gasteiger partial charge on any atom is 0.245 e. The summed E-state index contributed by atoms with van der Waals surface area (Å²) in [6.45, 7) is 1.25. The number of rotatable bonds is 3. The van der Waals surface area contributed by atoms with Crippen molar-refractivity contribution in [3.05, 3.63) is 33.8 Å². The summed E-state index contributed by atoms with van der Waals surface area (Å²) in [6.07, 6.45) is 0.553. The second kappa shape index (κ2) is 5.67. The molecule has 2 rings (SSSR count). The number of nitrogens with two attached hydrogens (primary N) is 1. The predicted octanol–water partition coefficient (Wildman–Crippen LogP) is 2.07. The van der Waals surface area contributed by atoms with Gasteiger partial charge in [0, 0.05) is 20.2 Å². The van der Waals surface area contributed by atoms with Crippen molar-refractivity contribution in [2.24, 2.45) is 5.73 Å². The summed E-state index contributed by atoms with van der Waals surface area (Å²) in [5, 5.41) is 0.977. The van der Waals surface area contributed by atoms with Crippen LogP contribution in [0.15, 0.2) is 18.2 Å². The van der Waals surface area contributed by atoms with Crippen LogP contribution in [-0.4, -0.2) is 36.6 Å². The van der Waals surface area contributed by atoms with Crippen molar-refractivity contribution in [3.8, 4) is 0 Å². The van der Waals surface area contributed by atoms with Gasteiger partial charge in [0.2, 0.25) is 5.91 Å². The zero-order valence-corrected chi connectivity index (χ0v) is 12.2. The van der Waals surface area contributed by atoms with Crippen molar-refractivity contribution in [1.82, 2.24) is 4.90 Å². The first kappa shape index (κ1) is 14.6. The summed E-state index contributed by atoms with van der Waals surface area (Å²) >= 11 is 11.8. The standard InChI is InChI=1S/C13H16Cl2N2O2/c1-17(12(18)13(16)4-5-19-8-13)7-9-2-3-10(14)11(15)6-9/h2-3,6H,4-5,7-8,16H2,1H3. The number of hydrogen-bond acceptors (Lipinski definition) is 3. The summed E-state index contributed by atoms with van der Waals surface area (Å²) < 4.78 is 5.21. The molecule has 0 aromatic heterocycles. The molecule has 1 fully saturated rings. The summed E-state index contributed by atoms with van der Waals surface area (Å²) in [7, 11) is 1.72. The smallest absolute Gasteiger partial charge is 0.245 e. The van der Waals surface area contributed by atoms with Crippen LogP contribution in [0.2, 0.25) is 10.0 Å². The molecule has 1 aromatic rings. The van der Waals surface area contributed by atoms with Crippen LogP contribution in [0.25, 0.3) is 0 Å². The maximum atomic E-state index is 12.3. The predicted molar refractivity (Wildman–Crippen MR) is 75.3 cm³/mol. The SMILES string of the molecule is CN(Cc1ccc(Cl)c(Cl)c1)C(=O)C1(N)CCOC1. The number of halogens is 2. The number of carbonyl (C=O) groups excluding carboxylic acids is 1. The van der Waals surface area contributed by atoms with Gasteiger partial charge in [-0.25, -0.2) is 0 Å². The number of carbonyl (C=O) groups is 1. The Morgan fingerprint density at radius 2 is 2.21 bits per heavy atom. The summed E-state index contributed by atoms with van der Waals surface area (Å²) in [5.74, 6) is -0.115. The number of hydrogen-bond donors (Lipinski definition) is 1. The Morgan fingerprint density at radius 3 is 2.79 bits per heavy atom. The molecule has 6 heteroatoms. The molecule has 1 aromatic carbocycles. The lowest BCUT2D eigenvalue weighted by Crippen LogP contribution is -2.54. The Morgan fingerprint density at radius 1 is 1.47 bits per heavy atom. The minimum absolute atomic E-state index is 0.115. The van der Waals surface area contributed by atoms with Crippen LogP contribution >= 0.6 is 23.2 Å². The lowest BCUT2D eigenvalue weighted by molar-refractivity contribution is -0.136. The first-order valence-electron chi connectivity index (χ1n) is 5.98. The number of ether oxygens (including phenoxy) is 1. The van der Waals surface area contributed by atoms with E-state index in [0.717, 1.165) is 5.56 Å². The van der Waals surface area contributed by atoms with E-state index in [2.05, 4.69) is 0 Å². The van der Waals surface area contributed by atoms with E-state index >= 15 is 0 Å². The third kappa shape index (κ3) is 3.20.